The quantitative estimate of drug-likeness (QED) is 0.684. The molecule has 0 bridgehead atoms. The number of para-hydroxylation sites is 1. The van der Waals surface area contributed by atoms with Crippen LogP contribution in [-0.2, 0) is 6.42 Å². The van der Waals surface area contributed by atoms with Gasteiger partial charge in [-0.25, -0.2) is 0 Å². The summed E-state index contributed by atoms with van der Waals surface area (Å²) in [5.41, 5.74) is 5.35. The Morgan fingerprint density at radius 2 is 1.88 bits per heavy atom. The molecule has 0 spiro atoms. The first kappa shape index (κ1) is 11.4. The molecule has 86 valence electrons. The van der Waals surface area contributed by atoms with Crippen LogP contribution in [0.15, 0.2) is 23.2 Å². The van der Waals surface area contributed by atoms with E-state index in [1.807, 2.05) is 0 Å². The molecule has 0 saturated heterocycles. The highest BCUT2D eigenvalue weighted by atomic mass is 14.8. The second-order valence-electron chi connectivity index (χ2n) is 4.67. The average molecular weight is 215 g/mol. The van der Waals surface area contributed by atoms with E-state index in [9.17, 15) is 0 Å². The highest BCUT2D eigenvalue weighted by molar-refractivity contribution is 5.88. The third-order valence-corrected chi connectivity index (χ3v) is 3.40. The predicted octanol–water partition coefficient (Wildman–Crippen LogP) is 4.59. The molecule has 1 nitrogen and oxygen atoms in total. The molecule has 1 heteroatoms. The minimum Gasteiger partial charge on any atom is -0.257 e. The van der Waals surface area contributed by atoms with Gasteiger partial charge in [0.1, 0.15) is 0 Å². The summed E-state index contributed by atoms with van der Waals surface area (Å²) in [7, 11) is 0. The monoisotopic (exact) mass is 215 g/mol. The van der Waals surface area contributed by atoms with Crippen LogP contribution in [0.5, 0.6) is 0 Å². The number of aliphatic imine (C=N–C) groups is 1. The largest absolute Gasteiger partial charge is 0.257 e. The van der Waals surface area contributed by atoms with Crippen molar-refractivity contribution in [3.05, 3.63) is 29.3 Å². The fourth-order valence-corrected chi connectivity index (χ4v) is 2.39. The molecule has 0 amide bonds. The Kier molecular flexibility index (Phi) is 3.76. The predicted molar refractivity (Wildman–Crippen MR) is 70.7 cm³/mol. The van der Waals surface area contributed by atoms with Gasteiger partial charge >= 0.3 is 0 Å². The van der Waals surface area contributed by atoms with Gasteiger partial charge in [-0.15, -0.1) is 0 Å². The van der Waals surface area contributed by atoms with E-state index in [4.69, 9.17) is 4.99 Å². The lowest BCUT2D eigenvalue weighted by molar-refractivity contribution is 0.667. The molecule has 0 aromatic heterocycles. The smallest absolute Gasteiger partial charge is 0.0690 e. The zero-order valence-corrected chi connectivity index (χ0v) is 10.4. The Hall–Kier alpha value is -1.11. The van der Waals surface area contributed by atoms with E-state index in [2.05, 4.69) is 32.0 Å². The molecular weight excluding hydrogens is 194 g/mol. The molecule has 0 radical (unpaired) electrons. The number of hydrogen-bond donors (Lipinski definition) is 0. The van der Waals surface area contributed by atoms with Gasteiger partial charge in [0.2, 0.25) is 0 Å². The number of hydrogen-bond acceptors (Lipinski definition) is 1. The molecule has 1 aliphatic carbocycles. The maximum absolute atomic E-state index is 4.91. The van der Waals surface area contributed by atoms with Crippen LogP contribution < -0.4 is 0 Å². The summed E-state index contributed by atoms with van der Waals surface area (Å²) in [6.07, 6.45) is 7.52. The highest BCUT2D eigenvalue weighted by Crippen LogP contribution is 2.27. The lowest BCUT2D eigenvalue weighted by Gasteiger charge is -2.14. The van der Waals surface area contributed by atoms with Crippen molar-refractivity contribution in [1.29, 1.82) is 0 Å². The van der Waals surface area contributed by atoms with Crippen LogP contribution in [0, 0.1) is 6.92 Å². The molecule has 0 heterocycles. The van der Waals surface area contributed by atoms with Crippen LogP contribution in [0.2, 0.25) is 0 Å². The van der Waals surface area contributed by atoms with Crippen LogP contribution in [0.3, 0.4) is 0 Å². The van der Waals surface area contributed by atoms with Gasteiger partial charge in [0.15, 0.2) is 0 Å². The molecule has 1 aliphatic rings. The van der Waals surface area contributed by atoms with E-state index in [0.29, 0.717) is 0 Å². The van der Waals surface area contributed by atoms with Crippen molar-refractivity contribution in [2.24, 2.45) is 4.99 Å². The lowest BCUT2D eigenvalue weighted by Crippen LogP contribution is -2.04. The van der Waals surface area contributed by atoms with Crippen molar-refractivity contribution in [1.82, 2.24) is 0 Å². The summed E-state index contributed by atoms with van der Waals surface area (Å²) >= 11 is 0. The van der Waals surface area contributed by atoms with Gasteiger partial charge in [0, 0.05) is 5.71 Å². The average Bonchev–Trinajstić information content (AvgIpc) is 2.33. The minimum atomic E-state index is 1.08. The second kappa shape index (κ2) is 5.29. The van der Waals surface area contributed by atoms with Crippen LogP contribution in [0.4, 0.5) is 5.69 Å². The maximum Gasteiger partial charge on any atom is 0.0690 e. The zero-order valence-electron chi connectivity index (χ0n) is 10.4. The summed E-state index contributed by atoms with van der Waals surface area (Å²) in [5, 5.41) is 0. The van der Waals surface area contributed by atoms with E-state index < -0.39 is 0 Å². The Balaban J connectivity index is 2.31. The number of rotatable bonds is 2. The first-order chi connectivity index (χ1) is 7.81. The molecular formula is C15H21N. The standard InChI is InChI=1S/C15H21N/c1-3-13-9-7-8-12(2)15(13)16-14-10-5-4-6-11-14/h7-9H,3-6,10-11H2,1-2H3. The molecule has 0 unspecified atom stereocenters. The molecule has 0 atom stereocenters. The SMILES string of the molecule is CCc1cccc(C)c1N=C1CCCCC1. The minimum absolute atomic E-state index is 1.08. The summed E-state index contributed by atoms with van der Waals surface area (Å²) in [4.78, 5) is 4.91. The van der Waals surface area contributed by atoms with Crippen LogP contribution in [0.1, 0.15) is 50.2 Å². The Labute approximate surface area is 98.6 Å². The zero-order chi connectivity index (χ0) is 11.4. The number of benzene rings is 1. The van der Waals surface area contributed by atoms with E-state index in [1.165, 1.54) is 54.6 Å². The van der Waals surface area contributed by atoms with Gasteiger partial charge in [0.25, 0.3) is 0 Å². The molecule has 0 N–H and O–H groups in total. The van der Waals surface area contributed by atoms with Crippen molar-refractivity contribution in [3.8, 4) is 0 Å². The van der Waals surface area contributed by atoms with Crippen LogP contribution in [-0.4, -0.2) is 5.71 Å². The normalized spacial score (nSPS) is 16.2. The molecule has 1 aromatic carbocycles. The summed E-state index contributed by atoms with van der Waals surface area (Å²) in [6, 6.07) is 6.51. The Bertz CT molecular complexity index is 382. The third-order valence-electron chi connectivity index (χ3n) is 3.40. The maximum atomic E-state index is 4.91. The summed E-state index contributed by atoms with van der Waals surface area (Å²) in [5.74, 6) is 0. The van der Waals surface area contributed by atoms with Crippen molar-refractivity contribution in [2.75, 3.05) is 0 Å². The molecule has 1 fully saturated rings. The fraction of sp³-hybridized carbons (Fsp3) is 0.533. The van der Waals surface area contributed by atoms with Crippen molar-refractivity contribution >= 4 is 11.4 Å². The molecule has 1 aromatic rings. The van der Waals surface area contributed by atoms with Gasteiger partial charge in [-0.2, -0.15) is 0 Å². The van der Waals surface area contributed by atoms with Gasteiger partial charge in [0.05, 0.1) is 5.69 Å². The number of aryl methyl sites for hydroxylation is 2. The first-order valence-electron chi connectivity index (χ1n) is 6.46. The topological polar surface area (TPSA) is 12.4 Å². The summed E-state index contributed by atoms with van der Waals surface area (Å²) < 4.78 is 0. The van der Waals surface area contributed by atoms with E-state index in [1.54, 1.807) is 0 Å². The molecule has 1 saturated carbocycles. The van der Waals surface area contributed by atoms with Gasteiger partial charge in [-0.1, -0.05) is 31.5 Å². The molecule has 2 rings (SSSR count). The Morgan fingerprint density at radius 1 is 1.12 bits per heavy atom. The van der Waals surface area contributed by atoms with Gasteiger partial charge in [-0.3, -0.25) is 4.99 Å². The fourth-order valence-electron chi connectivity index (χ4n) is 2.39. The second-order valence-corrected chi connectivity index (χ2v) is 4.67. The van der Waals surface area contributed by atoms with Crippen LogP contribution >= 0.6 is 0 Å². The van der Waals surface area contributed by atoms with E-state index in [0.717, 1.165) is 6.42 Å². The van der Waals surface area contributed by atoms with Crippen molar-refractivity contribution in [3.63, 3.8) is 0 Å². The number of nitrogens with zero attached hydrogens (tertiary/aromatic N) is 1. The molecule has 0 aliphatic heterocycles. The van der Waals surface area contributed by atoms with E-state index in [-0.39, 0.29) is 0 Å². The third kappa shape index (κ3) is 2.52. The van der Waals surface area contributed by atoms with Crippen LogP contribution in [0.25, 0.3) is 0 Å². The summed E-state index contributed by atoms with van der Waals surface area (Å²) in [6.45, 7) is 4.38. The van der Waals surface area contributed by atoms with Gasteiger partial charge in [-0.05, 0) is 50.2 Å². The van der Waals surface area contributed by atoms with Gasteiger partial charge < -0.3 is 0 Å². The van der Waals surface area contributed by atoms with Crippen molar-refractivity contribution in [2.45, 2.75) is 52.4 Å². The first-order valence-corrected chi connectivity index (χ1v) is 6.46. The highest BCUT2D eigenvalue weighted by Gasteiger charge is 2.09. The molecule has 16 heavy (non-hydrogen) atoms. The Morgan fingerprint density at radius 3 is 2.56 bits per heavy atom. The van der Waals surface area contributed by atoms with Crippen molar-refractivity contribution < 1.29 is 0 Å². The lowest BCUT2D eigenvalue weighted by atomic mass is 9.98. The van der Waals surface area contributed by atoms with E-state index >= 15 is 0 Å².